The fourth-order valence-corrected chi connectivity index (χ4v) is 3.13. The lowest BCUT2D eigenvalue weighted by Crippen LogP contribution is -2.33. The third kappa shape index (κ3) is 4.81. The van der Waals surface area contributed by atoms with Crippen molar-refractivity contribution in [2.75, 3.05) is 25.0 Å². The highest BCUT2D eigenvalue weighted by Crippen LogP contribution is 2.30. The van der Waals surface area contributed by atoms with Crippen LogP contribution in [0.3, 0.4) is 0 Å². The number of anilines is 1. The molecule has 4 nitrogen and oxygen atoms in total. The van der Waals surface area contributed by atoms with Gasteiger partial charge in [0.15, 0.2) is 0 Å². The summed E-state index contributed by atoms with van der Waals surface area (Å²) in [6.07, 6.45) is 7.79. The van der Waals surface area contributed by atoms with E-state index in [4.69, 9.17) is 0 Å². The Hall–Kier alpha value is -1.42. The Morgan fingerprint density at radius 3 is 2.38 bits per heavy atom. The monoisotopic (exact) mass is 289 g/mol. The molecule has 0 saturated heterocycles. The summed E-state index contributed by atoms with van der Waals surface area (Å²) in [5.74, 6) is 1.10. The molecule has 1 aliphatic rings. The van der Waals surface area contributed by atoms with E-state index in [1.165, 1.54) is 19.4 Å². The molecule has 0 atom stereocenters. The van der Waals surface area contributed by atoms with Gasteiger partial charge in [0.2, 0.25) is 5.91 Å². The topological polar surface area (TPSA) is 45.2 Å². The van der Waals surface area contributed by atoms with Gasteiger partial charge in [0.05, 0.1) is 0 Å². The van der Waals surface area contributed by atoms with Gasteiger partial charge in [0, 0.05) is 30.5 Å². The zero-order valence-corrected chi connectivity index (χ0v) is 13.2. The number of hydrogen-bond acceptors (Lipinski definition) is 3. The molecule has 2 rings (SSSR count). The van der Waals surface area contributed by atoms with Crippen LogP contribution < -0.4 is 5.32 Å². The number of nitrogens with zero attached hydrogens (tertiary/aromatic N) is 2. The van der Waals surface area contributed by atoms with E-state index < -0.39 is 0 Å². The molecule has 1 heterocycles. The molecule has 1 aliphatic carbocycles. The summed E-state index contributed by atoms with van der Waals surface area (Å²) in [6, 6.07) is 3.67. The van der Waals surface area contributed by atoms with Gasteiger partial charge >= 0.3 is 0 Å². The van der Waals surface area contributed by atoms with Crippen LogP contribution >= 0.6 is 0 Å². The molecule has 0 aliphatic heterocycles. The molecule has 1 fully saturated rings. The van der Waals surface area contributed by atoms with E-state index in [1.807, 2.05) is 12.1 Å². The number of aromatic nitrogens is 1. The van der Waals surface area contributed by atoms with Gasteiger partial charge in [-0.2, -0.15) is 0 Å². The van der Waals surface area contributed by atoms with Gasteiger partial charge in [-0.15, -0.1) is 0 Å². The zero-order valence-electron chi connectivity index (χ0n) is 13.2. The van der Waals surface area contributed by atoms with Crippen molar-refractivity contribution in [3.8, 4) is 0 Å². The Morgan fingerprint density at radius 2 is 1.81 bits per heavy atom. The normalized spacial score (nSPS) is 22.2. The van der Waals surface area contributed by atoms with E-state index in [0.29, 0.717) is 0 Å². The summed E-state index contributed by atoms with van der Waals surface area (Å²) >= 11 is 0. The highest BCUT2D eigenvalue weighted by atomic mass is 16.1. The van der Waals surface area contributed by atoms with Crippen molar-refractivity contribution in [1.29, 1.82) is 0 Å². The smallest absolute Gasteiger partial charge is 0.227 e. The van der Waals surface area contributed by atoms with Crippen LogP contribution in [0.4, 0.5) is 5.69 Å². The van der Waals surface area contributed by atoms with Crippen molar-refractivity contribution >= 4 is 11.6 Å². The molecule has 1 saturated carbocycles. The number of nitrogens with one attached hydrogen (secondary N) is 1. The van der Waals surface area contributed by atoms with Crippen LogP contribution in [0.25, 0.3) is 0 Å². The minimum absolute atomic E-state index is 0.169. The van der Waals surface area contributed by atoms with Crippen LogP contribution in [-0.2, 0) is 4.79 Å². The summed E-state index contributed by atoms with van der Waals surface area (Å²) in [4.78, 5) is 18.7. The van der Waals surface area contributed by atoms with Gasteiger partial charge in [-0.05, 0) is 56.8 Å². The molecular weight excluding hydrogens is 262 g/mol. The van der Waals surface area contributed by atoms with Crippen LogP contribution in [0.15, 0.2) is 24.5 Å². The average molecular weight is 289 g/mol. The molecule has 0 bridgehead atoms. The highest BCUT2D eigenvalue weighted by molar-refractivity contribution is 5.92. The Morgan fingerprint density at radius 1 is 1.19 bits per heavy atom. The molecule has 0 unspecified atom stereocenters. The highest BCUT2D eigenvalue weighted by Gasteiger charge is 2.26. The number of carbonyl (C=O) groups excluding carboxylic acids is 1. The second-order valence-corrected chi connectivity index (χ2v) is 5.93. The van der Waals surface area contributed by atoms with Crippen LogP contribution in [0.2, 0.25) is 0 Å². The first kappa shape index (κ1) is 16.0. The summed E-state index contributed by atoms with van der Waals surface area (Å²) in [5, 5.41) is 3.00. The van der Waals surface area contributed by atoms with Gasteiger partial charge in [-0.3, -0.25) is 9.78 Å². The van der Waals surface area contributed by atoms with Gasteiger partial charge in [0.25, 0.3) is 0 Å². The van der Waals surface area contributed by atoms with Crippen molar-refractivity contribution in [1.82, 2.24) is 9.88 Å². The summed E-state index contributed by atoms with van der Waals surface area (Å²) in [7, 11) is 0. The first-order valence-corrected chi connectivity index (χ1v) is 8.16. The number of pyridine rings is 1. The van der Waals surface area contributed by atoms with E-state index in [-0.39, 0.29) is 11.8 Å². The predicted octanol–water partition coefficient (Wildman–Crippen LogP) is 3.17. The van der Waals surface area contributed by atoms with E-state index in [2.05, 4.69) is 29.0 Å². The molecule has 1 aromatic rings. The molecule has 1 aromatic heterocycles. The second kappa shape index (κ2) is 8.13. The summed E-state index contributed by atoms with van der Waals surface area (Å²) < 4.78 is 0. The molecule has 0 aromatic carbocycles. The summed E-state index contributed by atoms with van der Waals surface area (Å²) in [5.41, 5.74) is 0.847. The Bertz CT molecular complexity index is 423. The maximum absolute atomic E-state index is 12.3. The maximum Gasteiger partial charge on any atom is 0.227 e. The largest absolute Gasteiger partial charge is 0.326 e. The van der Waals surface area contributed by atoms with Crippen LogP contribution in [0.5, 0.6) is 0 Å². The lowest BCUT2D eigenvalue weighted by atomic mass is 9.81. The first-order chi connectivity index (χ1) is 10.2. The third-order valence-electron chi connectivity index (χ3n) is 4.58. The third-order valence-corrected chi connectivity index (χ3v) is 4.58. The van der Waals surface area contributed by atoms with Crippen molar-refractivity contribution in [2.45, 2.75) is 39.5 Å². The van der Waals surface area contributed by atoms with E-state index in [0.717, 1.165) is 37.5 Å². The quantitative estimate of drug-likeness (QED) is 0.875. The van der Waals surface area contributed by atoms with E-state index in [1.54, 1.807) is 12.4 Å². The van der Waals surface area contributed by atoms with Gasteiger partial charge in [-0.1, -0.05) is 13.8 Å². The van der Waals surface area contributed by atoms with E-state index in [9.17, 15) is 4.79 Å². The van der Waals surface area contributed by atoms with Crippen LogP contribution in [0.1, 0.15) is 39.5 Å². The average Bonchev–Trinajstić information content (AvgIpc) is 2.54. The molecule has 0 spiro atoms. The Kier molecular flexibility index (Phi) is 6.18. The van der Waals surface area contributed by atoms with E-state index >= 15 is 0 Å². The molecule has 116 valence electrons. The lowest BCUT2D eigenvalue weighted by Gasteiger charge is -2.31. The standard InChI is InChI=1S/C17H27N3O/c1-3-20(4-2)13-14-5-7-15(8-6-14)17(21)19-16-9-11-18-12-10-16/h9-12,14-15H,3-8,13H2,1-2H3,(H,18,19,21)/t14-,15-. The lowest BCUT2D eigenvalue weighted by molar-refractivity contribution is -0.121. The molecule has 21 heavy (non-hydrogen) atoms. The number of carbonyl (C=O) groups is 1. The van der Waals surface area contributed by atoms with Gasteiger partial charge in [-0.25, -0.2) is 0 Å². The predicted molar refractivity (Wildman–Crippen MR) is 86.1 cm³/mol. The number of hydrogen-bond donors (Lipinski definition) is 1. The van der Waals surface area contributed by atoms with Crippen LogP contribution in [-0.4, -0.2) is 35.4 Å². The maximum atomic E-state index is 12.3. The second-order valence-electron chi connectivity index (χ2n) is 5.93. The minimum Gasteiger partial charge on any atom is -0.326 e. The van der Waals surface area contributed by atoms with Crippen molar-refractivity contribution in [3.63, 3.8) is 0 Å². The fourth-order valence-electron chi connectivity index (χ4n) is 3.13. The SMILES string of the molecule is CCN(CC)C[C@H]1CC[C@H](C(=O)Nc2ccncc2)CC1. The fraction of sp³-hybridized carbons (Fsp3) is 0.647. The molecule has 1 amide bonds. The van der Waals surface area contributed by atoms with Gasteiger partial charge < -0.3 is 10.2 Å². The molecule has 0 radical (unpaired) electrons. The first-order valence-electron chi connectivity index (χ1n) is 8.16. The number of amides is 1. The minimum atomic E-state index is 0.169. The Balaban J connectivity index is 1.77. The molecular formula is C17H27N3O. The number of rotatable bonds is 6. The van der Waals surface area contributed by atoms with Crippen molar-refractivity contribution < 1.29 is 4.79 Å². The summed E-state index contributed by atoms with van der Waals surface area (Å²) in [6.45, 7) is 7.87. The van der Waals surface area contributed by atoms with Crippen molar-refractivity contribution in [2.24, 2.45) is 11.8 Å². The molecule has 1 N–H and O–H groups in total. The van der Waals surface area contributed by atoms with Crippen LogP contribution in [0, 0.1) is 11.8 Å². The molecule has 4 heteroatoms. The zero-order chi connectivity index (χ0) is 15.1. The Labute approximate surface area is 127 Å². The van der Waals surface area contributed by atoms with Crippen molar-refractivity contribution in [3.05, 3.63) is 24.5 Å². The van der Waals surface area contributed by atoms with Gasteiger partial charge in [0.1, 0.15) is 0 Å².